The fraction of sp³-hybridized carbons (Fsp3) is 0.0833. The van der Waals surface area contributed by atoms with Gasteiger partial charge in [-0.05, 0) is 48.2 Å². The summed E-state index contributed by atoms with van der Waals surface area (Å²) in [5.41, 5.74) is 6.37. The maximum Gasteiger partial charge on any atom is 0.0541 e. The number of hydrogen-bond donors (Lipinski definition) is 0. The molecule has 0 saturated heterocycles. The number of para-hydroxylation sites is 1. The van der Waals surface area contributed by atoms with Crippen LogP contribution in [-0.2, 0) is 0 Å². The number of nitrogens with zero attached hydrogens (tertiary/aromatic N) is 1. The summed E-state index contributed by atoms with van der Waals surface area (Å²) in [6.45, 7) is 0. The molecule has 5 rings (SSSR count). The van der Waals surface area contributed by atoms with Crippen molar-refractivity contribution >= 4 is 27.5 Å². The Morgan fingerprint density at radius 1 is 0.640 bits per heavy atom. The van der Waals surface area contributed by atoms with Crippen molar-refractivity contribution in [3.63, 3.8) is 0 Å². The topological polar surface area (TPSA) is 4.93 Å². The smallest absolute Gasteiger partial charge is 0.0541 e. The fourth-order valence-corrected chi connectivity index (χ4v) is 3.83. The van der Waals surface area contributed by atoms with Crippen LogP contribution in [0.15, 0.2) is 91.0 Å². The van der Waals surface area contributed by atoms with E-state index < -0.39 is 0 Å². The minimum Gasteiger partial charge on any atom is -0.310 e. The maximum atomic E-state index is 2.40. The Bertz CT molecular complexity index is 1130. The van der Waals surface area contributed by atoms with Gasteiger partial charge in [-0.25, -0.2) is 0 Å². The molecule has 1 aliphatic rings. The molecule has 0 spiro atoms. The lowest BCUT2D eigenvalue weighted by Gasteiger charge is -2.12. The van der Waals surface area contributed by atoms with Crippen LogP contribution in [0, 0.1) is 0 Å². The highest BCUT2D eigenvalue weighted by atomic mass is 15.0. The van der Waals surface area contributed by atoms with Crippen LogP contribution in [0.2, 0.25) is 0 Å². The van der Waals surface area contributed by atoms with Crippen molar-refractivity contribution in [2.75, 3.05) is 0 Å². The van der Waals surface area contributed by atoms with Crippen LogP contribution in [0.1, 0.15) is 12.8 Å². The first-order valence-electron chi connectivity index (χ1n) is 8.87. The van der Waals surface area contributed by atoms with E-state index >= 15 is 0 Å². The second-order valence-corrected chi connectivity index (χ2v) is 6.56. The molecule has 3 aromatic carbocycles. The third kappa shape index (κ3) is 2.32. The highest BCUT2D eigenvalue weighted by Crippen LogP contribution is 2.35. The summed E-state index contributed by atoms with van der Waals surface area (Å²) in [4.78, 5) is 0. The molecular weight excluding hydrogens is 302 g/mol. The van der Waals surface area contributed by atoms with Crippen molar-refractivity contribution in [2.45, 2.75) is 12.8 Å². The zero-order valence-corrected chi connectivity index (χ0v) is 14.0. The Kier molecular flexibility index (Phi) is 3.31. The van der Waals surface area contributed by atoms with E-state index in [4.69, 9.17) is 0 Å². The van der Waals surface area contributed by atoms with E-state index in [2.05, 4.69) is 95.6 Å². The van der Waals surface area contributed by atoms with Crippen molar-refractivity contribution in [2.24, 2.45) is 0 Å². The van der Waals surface area contributed by atoms with Gasteiger partial charge in [0.1, 0.15) is 0 Å². The van der Waals surface area contributed by atoms with E-state index in [1.54, 1.807) is 0 Å². The standard InChI is InChI=1S/C24H19N/c1-3-9-18(10-4-1)19-15-16-24-22(17-19)21-13-7-8-14-23(21)25(24)20-11-5-2-6-12-20/h1,3-5,7-17H,2,6H2. The van der Waals surface area contributed by atoms with Crippen molar-refractivity contribution < 1.29 is 0 Å². The van der Waals surface area contributed by atoms with Crippen molar-refractivity contribution in [3.8, 4) is 11.1 Å². The second kappa shape index (κ2) is 5.78. The zero-order valence-electron chi connectivity index (χ0n) is 14.0. The Morgan fingerprint density at radius 3 is 2.28 bits per heavy atom. The van der Waals surface area contributed by atoms with Crippen molar-refractivity contribution in [3.05, 3.63) is 91.0 Å². The van der Waals surface area contributed by atoms with Gasteiger partial charge in [-0.15, -0.1) is 0 Å². The predicted molar refractivity (Wildman–Crippen MR) is 108 cm³/mol. The van der Waals surface area contributed by atoms with E-state index in [1.807, 2.05) is 0 Å². The average molecular weight is 321 g/mol. The molecular formula is C24H19N. The molecule has 0 radical (unpaired) electrons. The largest absolute Gasteiger partial charge is 0.310 e. The summed E-state index contributed by atoms with van der Waals surface area (Å²) in [6, 6.07) is 26.2. The Balaban J connectivity index is 1.82. The quantitative estimate of drug-likeness (QED) is 0.389. The molecule has 0 bridgehead atoms. The van der Waals surface area contributed by atoms with Crippen LogP contribution in [0.4, 0.5) is 0 Å². The molecule has 0 saturated carbocycles. The van der Waals surface area contributed by atoms with E-state index in [1.165, 1.54) is 38.6 Å². The summed E-state index contributed by atoms with van der Waals surface area (Å²) in [5, 5.41) is 2.63. The molecule has 1 aliphatic carbocycles. The number of allylic oxidation sites excluding steroid dienone is 4. The van der Waals surface area contributed by atoms with Gasteiger partial charge in [-0.1, -0.05) is 66.7 Å². The lowest BCUT2D eigenvalue weighted by molar-refractivity contribution is 1.02. The highest BCUT2D eigenvalue weighted by molar-refractivity contribution is 6.11. The molecule has 0 atom stereocenters. The molecule has 1 heterocycles. The Morgan fingerprint density at radius 2 is 1.44 bits per heavy atom. The summed E-state index contributed by atoms with van der Waals surface area (Å²) < 4.78 is 2.40. The first kappa shape index (κ1) is 14.3. The minimum absolute atomic E-state index is 1.11. The first-order valence-corrected chi connectivity index (χ1v) is 8.87. The number of hydrogen-bond acceptors (Lipinski definition) is 0. The lowest BCUT2D eigenvalue weighted by Crippen LogP contribution is -1.96. The monoisotopic (exact) mass is 321 g/mol. The number of fused-ring (bicyclic) bond motifs is 3. The number of aromatic nitrogens is 1. The first-order chi connectivity index (χ1) is 12.4. The second-order valence-electron chi connectivity index (χ2n) is 6.56. The summed E-state index contributed by atoms with van der Waals surface area (Å²) in [7, 11) is 0. The molecule has 1 heteroatoms. The maximum absolute atomic E-state index is 2.40. The molecule has 25 heavy (non-hydrogen) atoms. The lowest BCUT2D eigenvalue weighted by atomic mass is 10.0. The molecule has 0 unspecified atom stereocenters. The van der Waals surface area contributed by atoms with Crippen molar-refractivity contribution in [1.29, 1.82) is 0 Å². The molecule has 0 N–H and O–H groups in total. The van der Waals surface area contributed by atoms with Gasteiger partial charge in [-0.3, -0.25) is 0 Å². The van der Waals surface area contributed by atoms with E-state index in [-0.39, 0.29) is 0 Å². The summed E-state index contributed by atoms with van der Waals surface area (Å²) in [6.07, 6.45) is 9.12. The van der Waals surface area contributed by atoms with Crippen LogP contribution >= 0.6 is 0 Å². The van der Waals surface area contributed by atoms with E-state index in [0.29, 0.717) is 0 Å². The van der Waals surface area contributed by atoms with E-state index in [0.717, 1.165) is 12.8 Å². The highest BCUT2D eigenvalue weighted by Gasteiger charge is 2.13. The van der Waals surface area contributed by atoms with Crippen molar-refractivity contribution in [1.82, 2.24) is 4.57 Å². The minimum atomic E-state index is 1.11. The molecule has 1 aromatic heterocycles. The molecule has 0 amide bonds. The number of rotatable bonds is 2. The Labute approximate surface area is 147 Å². The van der Waals surface area contributed by atoms with E-state index in [9.17, 15) is 0 Å². The molecule has 4 aromatic rings. The molecule has 120 valence electrons. The van der Waals surface area contributed by atoms with Gasteiger partial charge >= 0.3 is 0 Å². The third-order valence-corrected chi connectivity index (χ3v) is 5.01. The predicted octanol–water partition coefficient (Wildman–Crippen LogP) is 6.65. The van der Waals surface area contributed by atoms with Crippen LogP contribution < -0.4 is 0 Å². The molecule has 0 fully saturated rings. The van der Waals surface area contributed by atoms with Gasteiger partial charge in [0.2, 0.25) is 0 Å². The average Bonchev–Trinajstić information content (AvgIpc) is 3.03. The SMILES string of the molecule is C1=CC(n2c3ccccc3c3cc(-c4ccccc4)ccc32)=CCC1. The van der Waals surface area contributed by atoms with Crippen LogP contribution in [0.5, 0.6) is 0 Å². The molecule has 0 aliphatic heterocycles. The van der Waals surface area contributed by atoms with Gasteiger partial charge in [0, 0.05) is 16.5 Å². The summed E-state index contributed by atoms with van der Waals surface area (Å²) >= 11 is 0. The van der Waals surface area contributed by atoms with Crippen LogP contribution in [-0.4, -0.2) is 4.57 Å². The summed E-state index contributed by atoms with van der Waals surface area (Å²) in [5.74, 6) is 0. The zero-order chi connectivity index (χ0) is 16.6. The van der Waals surface area contributed by atoms with Gasteiger partial charge in [-0.2, -0.15) is 0 Å². The normalized spacial score (nSPS) is 14.2. The Hall–Kier alpha value is -3.06. The fourth-order valence-electron chi connectivity index (χ4n) is 3.83. The van der Waals surface area contributed by atoms with Gasteiger partial charge in [0.15, 0.2) is 0 Å². The number of benzene rings is 3. The van der Waals surface area contributed by atoms with Crippen LogP contribution in [0.25, 0.3) is 38.6 Å². The van der Waals surface area contributed by atoms with Gasteiger partial charge < -0.3 is 4.57 Å². The molecule has 1 nitrogen and oxygen atoms in total. The van der Waals surface area contributed by atoms with Gasteiger partial charge in [0.25, 0.3) is 0 Å². The third-order valence-electron chi connectivity index (χ3n) is 5.01. The van der Waals surface area contributed by atoms with Gasteiger partial charge in [0.05, 0.1) is 11.0 Å². The van der Waals surface area contributed by atoms with Crippen LogP contribution in [0.3, 0.4) is 0 Å².